The highest BCUT2D eigenvalue weighted by molar-refractivity contribution is 7.99. The monoisotopic (exact) mass is 490 g/mol. The van der Waals surface area contributed by atoms with E-state index in [0.29, 0.717) is 16.1 Å². The second kappa shape index (κ2) is 9.82. The molecule has 5 rings (SSSR count). The molecule has 0 bridgehead atoms. The number of thioether (sulfide) groups is 1. The number of nitrogens with one attached hydrogen (secondary N) is 1. The summed E-state index contributed by atoms with van der Waals surface area (Å²) in [7, 11) is 0. The molecule has 1 amide bonds. The van der Waals surface area contributed by atoms with Gasteiger partial charge in [-0.2, -0.15) is 5.10 Å². The summed E-state index contributed by atoms with van der Waals surface area (Å²) >= 11 is 2.80. The molecule has 0 spiro atoms. The molecule has 0 atom stereocenters. The van der Waals surface area contributed by atoms with Crippen molar-refractivity contribution in [1.29, 1.82) is 0 Å². The molecule has 7 nitrogen and oxygen atoms in total. The van der Waals surface area contributed by atoms with E-state index in [-0.39, 0.29) is 23.0 Å². The molecular formula is C25H22N4O3S2. The van der Waals surface area contributed by atoms with E-state index in [9.17, 15) is 14.7 Å². The van der Waals surface area contributed by atoms with Crippen LogP contribution in [0.25, 0.3) is 15.9 Å². The summed E-state index contributed by atoms with van der Waals surface area (Å²) in [4.78, 5) is 32.9. The van der Waals surface area contributed by atoms with E-state index < -0.39 is 0 Å². The van der Waals surface area contributed by atoms with Crippen molar-refractivity contribution in [3.63, 3.8) is 0 Å². The van der Waals surface area contributed by atoms with E-state index in [1.807, 2.05) is 30.3 Å². The third-order valence-electron chi connectivity index (χ3n) is 5.58. The molecule has 1 aliphatic rings. The lowest BCUT2D eigenvalue weighted by atomic mass is 9.97. The number of nitrogens with zero attached hydrogens (tertiary/aromatic N) is 3. The Morgan fingerprint density at radius 3 is 2.82 bits per heavy atom. The Morgan fingerprint density at radius 2 is 2.00 bits per heavy atom. The number of hydrogen-bond donors (Lipinski definition) is 2. The molecule has 0 unspecified atom stereocenters. The smallest absolute Gasteiger partial charge is 0.267 e. The highest BCUT2D eigenvalue weighted by Crippen LogP contribution is 2.35. The summed E-state index contributed by atoms with van der Waals surface area (Å²) in [5.41, 5.74) is 4.94. The number of phenols is 1. The van der Waals surface area contributed by atoms with Crippen LogP contribution in [0.2, 0.25) is 0 Å². The molecule has 9 heteroatoms. The molecule has 0 saturated heterocycles. The van der Waals surface area contributed by atoms with Crippen molar-refractivity contribution < 1.29 is 9.90 Å². The molecule has 2 N–H and O–H groups in total. The summed E-state index contributed by atoms with van der Waals surface area (Å²) in [5.74, 6) is -0.143. The second-order valence-electron chi connectivity index (χ2n) is 7.94. The van der Waals surface area contributed by atoms with Crippen LogP contribution in [0.3, 0.4) is 0 Å². The molecule has 2 aromatic heterocycles. The molecule has 34 heavy (non-hydrogen) atoms. The quantitative estimate of drug-likeness (QED) is 0.182. The van der Waals surface area contributed by atoms with Gasteiger partial charge in [-0.15, -0.1) is 11.3 Å². The van der Waals surface area contributed by atoms with Crippen LogP contribution in [0, 0.1) is 0 Å². The lowest BCUT2D eigenvalue weighted by molar-refractivity contribution is -0.118. The van der Waals surface area contributed by atoms with Crippen LogP contribution >= 0.6 is 23.1 Å². The van der Waals surface area contributed by atoms with Crippen LogP contribution in [0.15, 0.2) is 69.6 Å². The zero-order chi connectivity index (χ0) is 23.5. The normalized spacial score (nSPS) is 13.3. The molecule has 4 aromatic rings. The first-order valence-corrected chi connectivity index (χ1v) is 12.8. The van der Waals surface area contributed by atoms with Crippen molar-refractivity contribution in [3.8, 4) is 11.4 Å². The minimum Gasteiger partial charge on any atom is -0.508 e. The second-order valence-corrected chi connectivity index (χ2v) is 9.96. The number of aryl methyl sites for hydroxylation is 2. The molecule has 2 heterocycles. The number of carbonyl (C=O) groups is 1. The number of rotatable bonds is 6. The maximum Gasteiger partial charge on any atom is 0.267 e. The first-order valence-electron chi connectivity index (χ1n) is 11.0. The number of aromatic nitrogens is 2. The maximum absolute atomic E-state index is 13.7. The van der Waals surface area contributed by atoms with Crippen LogP contribution in [-0.2, 0) is 17.6 Å². The molecule has 0 saturated carbocycles. The fourth-order valence-corrected chi connectivity index (χ4v) is 6.14. The fraction of sp³-hybridized carbons (Fsp3) is 0.200. The van der Waals surface area contributed by atoms with E-state index in [0.717, 1.165) is 41.8 Å². The van der Waals surface area contributed by atoms with Gasteiger partial charge < -0.3 is 5.11 Å². The minimum absolute atomic E-state index is 0.0489. The summed E-state index contributed by atoms with van der Waals surface area (Å²) in [6.07, 6.45) is 5.58. The third kappa shape index (κ3) is 4.62. The maximum atomic E-state index is 13.7. The van der Waals surface area contributed by atoms with Gasteiger partial charge in [-0.3, -0.25) is 14.2 Å². The summed E-state index contributed by atoms with van der Waals surface area (Å²) < 4.78 is 1.61. The van der Waals surface area contributed by atoms with E-state index in [1.54, 1.807) is 40.2 Å². The SMILES string of the molecule is O=C(CSc1nc2sc3c(c2c(=O)n1-c1ccccc1)CCCC3)N/N=C\c1cccc(O)c1. The number of hydrazone groups is 1. The van der Waals surface area contributed by atoms with Gasteiger partial charge in [0, 0.05) is 4.88 Å². The van der Waals surface area contributed by atoms with Crippen LogP contribution in [0.5, 0.6) is 5.75 Å². The Bertz CT molecular complexity index is 1440. The van der Waals surface area contributed by atoms with Crippen molar-refractivity contribution in [2.75, 3.05) is 5.75 Å². The number of hydrogen-bond acceptors (Lipinski definition) is 7. The molecule has 0 aliphatic heterocycles. The molecule has 0 radical (unpaired) electrons. The summed E-state index contributed by atoms with van der Waals surface area (Å²) in [6.45, 7) is 0. The van der Waals surface area contributed by atoms with Gasteiger partial charge >= 0.3 is 0 Å². The van der Waals surface area contributed by atoms with Crippen molar-refractivity contribution >= 4 is 45.4 Å². The van der Waals surface area contributed by atoms with Crippen molar-refractivity contribution in [3.05, 3.63) is 81.0 Å². The van der Waals surface area contributed by atoms with Gasteiger partial charge in [0.05, 0.1) is 23.0 Å². The fourth-order valence-electron chi connectivity index (χ4n) is 4.03. The number of amides is 1. The van der Waals surface area contributed by atoms with E-state index in [4.69, 9.17) is 4.98 Å². The van der Waals surface area contributed by atoms with E-state index in [2.05, 4.69) is 10.5 Å². The van der Waals surface area contributed by atoms with Crippen molar-refractivity contribution in [1.82, 2.24) is 15.0 Å². The van der Waals surface area contributed by atoms with Crippen LogP contribution < -0.4 is 11.0 Å². The molecule has 1 aliphatic carbocycles. The average molecular weight is 491 g/mol. The molecule has 172 valence electrons. The number of thiophene rings is 1. The van der Waals surface area contributed by atoms with Gasteiger partial charge in [0.15, 0.2) is 5.16 Å². The first-order chi connectivity index (χ1) is 16.6. The number of para-hydroxylation sites is 1. The lowest BCUT2D eigenvalue weighted by Crippen LogP contribution is -2.24. The van der Waals surface area contributed by atoms with Gasteiger partial charge in [-0.05, 0) is 61.1 Å². The summed E-state index contributed by atoms with van der Waals surface area (Å²) in [5, 5.41) is 14.7. The molecule has 0 fully saturated rings. The number of carbonyl (C=O) groups excluding carboxylic acids is 1. The van der Waals surface area contributed by atoms with Crippen molar-refractivity contribution in [2.45, 2.75) is 30.8 Å². The Hall–Kier alpha value is -3.43. The zero-order valence-electron chi connectivity index (χ0n) is 18.2. The summed E-state index contributed by atoms with van der Waals surface area (Å²) in [6, 6.07) is 16.0. The lowest BCUT2D eigenvalue weighted by Gasteiger charge is -2.13. The number of aromatic hydroxyl groups is 1. The molecular weight excluding hydrogens is 468 g/mol. The largest absolute Gasteiger partial charge is 0.508 e. The third-order valence-corrected chi connectivity index (χ3v) is 7.70. The Balaban J connectivity index is 1.42. The van der Waals surface area contributed by atoms with Crippen LogP contribution in [-0.4, -0.2) is 32.5 Å². The van der Waals surface area contributed by atoms with Gasteiger partial charge in [0.1, 0.15) is 10.6 Å². The van der Waals surface area contributed by atoms with Crippen molar-refractivity contribution in [2.24, 2.45) is 5.10 Å². The Morgan fingerprint density at radius 1 is 1.18 bits per heavy atom. The topological polar surface area (TPSA) is 96.6 Å². The zero-order valence-corrected chi connectivity index (χ0v) is 19.9. The Kier molecular flexibility index (Phi) is 6.46. The predicted octanol–water partition coefficient (Wildman–Crippen LogP) is 4.27. The van der Waals surface area contributed by atoms with Gasteiger partial charge in [0.25, 0.3) is 11.5 Å². The number of benzene rings is 2. The highest BCUT2D eigenvalue weighted by Gasteiger charge is 2.23. The minimum atomic E-state index is -0.319. The number of fused-ring (bicyclic) bond motifs is 3. The van der Waals surface area contributed by atoms with Crippen LogP contribution in [0.1, 0.15) is 28.8 Å². The van der Waals surface area contributed by atoms with Gasteiger partial charge in [-0.25, -0.2) is 10.4 Å². The molecule has 2 aromatic carbocycles. The predicted molar refractivity (Wildman–Crippen MR) is 136 cm³/mol. The van der Waals surface area contributed by atoms with Crippen LogP contribution in [0.4, 0.5) is 0 Å². The average Bonchev–Trinajstić information content (AvgIpc) is 3.22. The van der Waals surface area contributed by atoms with E-state index >= 15 is 0 Å². The van der Waals surface area contributed by atoms with Gasteiger partial charge in [0.2, 0.25) is 0 Å². The first kappa shape index (κ1) is 22.4. The highest BCUT2D eigenvalue weighted by atomic mass is 32.2. The van der Waals surface area contributed by atoms with Gasteiger partial charge in [-0.1, -0.05) is 42.1 Å². The Labute approximate surface area is 204 Å². The standard InChI is InChI=1S/C25H22N4O3S2/c30-18-10-6-7-16(13-18)14-26-28-21(31)15-33-25-27-23-22(19-11-4-5-12-20(19)34-23)24(32)29(25)17-8-2-1-3-9-17/h1-3,6-10,13-14,30H,4-5,11-12,15H2,(H,28,31)/b26-14-. The number of phenolic OH excluding ortho intramolecular Hbond substituents is 1. The van der Waals surface area contributed by atoms with E-state index in [1.165, 1.54) is 22.9 Å².